The zero-order chi connectivity index (χ0) is 13.1. The fourth-order valence-electron chi connectivity index (χ4n) is 3.20. The zero-order valence-corrected chi connectivity index (χ0v) is 11.1. The van der Waals surface area contributed by atoms with Crippen LogP contribution >= 0.6 is 0 Å². The first-order chi connectivity index (χ1) is 9.33. The summed E-state index contributed by atoms with van der Waals surface area (Å²) in [6.07, 6.45) is 4.12. The normalized spacial score (nSPS) is 27.2. The molecule has 2 aliphatic heterocycles. The number of hydrogen-bond acceptors (Lipinski definition) is 4. The summed E-state index contributed by atoms with van der Waals surface area (Å²) in [5.74, 6) is 1.61. The lowest BCUT2D eigenvalue weighted by Gasteiger charge is -2.36. The number of nitrogens with one attached hydrogen (secondary N) is 2. The molecule has 2 saturated heterocycles. The van der Waals surface area contributed by atoms with Crippen molar-refractivity contribution in [3.8, 4) is 0 Å². The molecule has 3 rings (SSSR count). The van der Waals surface area contributed by atoms with Crippen molar-refractivity contribution in [2.24, 2.45) is 5.92 Å². The van der Waals surface area contributed by atoms with Gasteiger partial charge in [-0.15, -0.1) is 0 Å². The molecule has 3 heterocycles. The Bertz CT molecular complexity index is 418. The third kappa shape index (κ3) is 2.98. The maximum absolute atomic E-state index is 12.0. The Morgan fingerprint density at radius 3 is 3.32 bits per heavy atom. The van der Waals surface area contributed by atoms with Gasteiger partial charge in [0.1, 0.15) is 5.76 Å². The summed E-state index contributed by atoms with van der Waals surface area (Å²) in [6, 6.07) is 4.25. The van der Waals surface area contributed by atoms with Crippen molar-refractivity contribution in [3.05, 3.63) is 24.2 Å². The second-order valence-corrected chi connectivity index (χ2v) is 5.45. The molecule has 1 amide bonds. The number of likely N-dealkylation sites (tertiary alicyclic amines) is 1. The number of furan rings is 1. The number of carbonyl (C=O) groups excluding carboxylic acids is 1. The molecule has 2 unspecified atom stereocenters. The number of rotatable bonds is 4. The highest BCUT2D eigenvalue weighted by Crippen LogP contribution is 2.25. The smallest absolute Gasteiger partial charge is 0.234 e. The maximum atomic E-state index is 12.0. The molecule has 104 valence electrons. The van der Waals surface area contributed by atoms with Gasteiger partial charge >= 0.3 is 0 Å². The number of hydrogen-bond donors (Lipinski definition) is 2. The van der Waals surface area contributed by atoms with E-state index < -0.39 is 0 Å². The van der Waals surface area contributed by atoms with E-state index in [1.807, 2.05) is 12.1 Å². The molecular weight excluding hydrogens is 242 g/mol. The molecule has 2 N–H and O–H groups in total. The van der Waals surface area contributed by atoms with Crippen LogP contribution in [0.25, 0.3) is 0 Å². The standard InChI is InChI=1S/C14H21N3O2/c18-14(16-8-12-4-2-6-19-12)10-17-5-1-3-11-7-15-9-13(11)17/h2,4,6,11,13,15H,1,3,5,7-10H2,(H,16,18). The van der Waals surface area contributed by atoms with E-state index >= 15 is 0 Å². The summed E-state index contributed by atoms with van der Waals surface area (Å²) in [7, 11) is 0. The van der Waals surface area contributed by atoms with Crippen molar-refractivity contribution in [1.29, 1.82) is 0 Å². The fourth-order valence-corrected chi connectivity index (χ4v) is 3.20. The summed E-state index contributed by atoms with van der Waals surface area (Å²) in [6.45, 7) is 4.15. The Morgan fingerprint density at radius 2 is 2.47 bits per heavy atom. The zero-order valence-electron chi connectivity index (χ0n) is 11.1. The molecule has 2 fully saturated rings. The van der Waals surface area contributed by atoms with E-state index in [-0.39, 0.29) is 5.91 Å². The van der Waals surface area contributed by atoms with Gasteiger partial charge in [0.15, 0.2) is 0 Å². The van der Waals surface area contributed by atoms with E-state index in [1.165, 1.54) is 12.8 Å². The first-order valence-corrected chi connectivity index (χ1v) is 7.07. The van der Waals surface area contributed by atoms with Crippen LogP contribution in [-0.4, -0.2) is 43.0 Å². The van der Waals surface area contributed by atoms with Crippen LogP contribution in [0.1, 0.15) is 18.6 Å². The third-order valence-corrected chi connectivity index (χ3v) is 4.18. The monoisotopic (exact) mass is 263 g/mol. The molecule has 0 bridgehead atoms. The van der Waals surface area contributed by atoms with Crippen LogP contribution in [0.15, 0.2) is 22.8 Å². The Balaban J connectivity index is 1.48. The van der Waals surface area contributed by atoms with Crippen LogP contribution < -0.4 is 10.6 Å². The lowest BCUT2D eigenvalue weighted by molar-refractivity contribution is -0.123. The van der Waals surface area contributed by atoms with Crippen molar-refractivity contribution in [3.63, 3.8) is 0 Å². The molecule has 0 spiro atoms. The number of carbonyl (C=O) groups is 1. The van der Waals surface area contributed by atoms with Gasteiger partial charge in [0.25, 0.3) is 0 Å². The predicted octanol–water partition coefficient (Wildman–Crippen LogP) is 0.580. The molecule has 19 heavy (non-hydrogen) atoms. The minimum absolute atomic E-state index is 0.0870. The van der Waals surface area contributed by atoms with Gasteiger partial charge in [-0.25, -0.2) is 0 Å². The minimum atomic E-state index is 0.0870. The van der Waals surface area contributed by atoms with E-state index in [1.54, 1.807) is 6.26 Å². The highest BCUT2D eigenvalue weighted by atomic mass is 16.3. The second kappa shape index (κ2) is 5.75. The van der Waals surface area contributed by atoms with E-state index in [9.17, 15) is 4.79 Å². The average molecular weight is 263 g/mol. The fraction of sp³-hybridized carbons (Fsp3) is 0.643. The van der Waals surface area contributed by atoms with Crippen LogP contribution in [0.3, 0.4) is 0 Å². The molecular formula is C14H21N3O2. The van der Waals surface area contributed by atoms with Gasteiger partial charge in [-0.2, -0.15) is 0 Å². The molecule has 1 aromatic rings. The van der Waals surface area contributed by atoms with Gasteiger partial charge in [0.05, 0.1) is 19.4 Å². The van der Waals surface area contributed by atoms with Gasteiger partial charge in [0.2, 0.25) is 5.91 Å². The summed E-state index contributed by atoms with van der Waals surface area (Å²) in [5.41, 5.74) is 0. The molecule has 2 aliphatic rings. The Kier molecular flexibility index (Phi) is 3.84. The minimum Gasteiger partial charge on any atom is -0.467 e. The van der Waals surface area contributed by atoms with Gasteiger partial charge < -0.3 is 15.1 Å². The third-order valence-electron chi connectivity index (χ3n) is 4.18. The molecule has 1 aromatic heterocycles. The van der Waals surface area contributed by atoms with Gasteiger partial charge in [-0.3, -0.25) is 9.69 Å². The molecule has 0 aromatic carbocycles. The summed E-state index contributed by atoms with van der Waals surface area (Å²) in [5, 5.41) is 6.35. The number of nitrogens with zero attached hydrogens (tertiary/aromatic N) is 1. The van der Waals surface area contributed by atoms with Crippen LogP contribution in [-0.2, 0) is 11.3 Å². The molecule has 0 aliphatic carbocycles. The first-order valence-electron chi connectivity index (χ1n) is 7.07. The van der Waals surface area contributed by atoms with Crippen molar-refractivity contribution in [1.82, 2.24) is 15.5 Å². The average Bonchev–Trinajstić information content (AvgIpc) is 3.08. The van der Waals surface area contributed by atoms with Crippen LogP contribution in [0.2, 0.25) is 0 Å². The first kappa shape index (κ1) is 12.7. The van der Waals surface area contributed by atoms with E-state index in [0.717, 1.165) is 31.3 Å². The van der Waals surface area contributed by atoms with Crippen LogP contribution in [0.4, 0.5) is 0 Å². The van der Waals surface area contributed by atoms with Gasteiger partial charge in [-0.1, -0.05) is 0 Å². The van der Waals surface area contributed by atoms with Crippen LogP contribution in [0, 0.1) is 5.92 Å². The Hall–Kier alpha value is -1.33. The lowest BCUT2D eigenvalue weighted by atomic mass is 9.92. The maximum Gasteiger partial charge on any atom is 0.234 e. The van der Waals surface area contributed by atoms with Crippen LogP contribution in [0.5, 0.6) is 0 Å². The van der Waals surface area contributed by atoms with Gasteiger partial charge in [0, 0.05) is 12.6 Å². The van der Waals surface area contributed by atoms with Crippen molar-refractivity contribution in [2.45, 2.75) is 25.4 Å². The number of piperidine rings is 1. The topological polar surface area (TPSA) is 57.5 Å². The largest absolute Gasteiger partial charge is 0.467 e. The second-order valence-electron chi connectivity index (χ2n) is 5.45. The number of fused-ring (bicyclic) bond motifs is 1. The SMILES string of the molecule is O=C(CN1CCCC2CNCC21)NCc1ccco1. The quantitative estimate of drug-likeness (QED) is 0.834. The molecule has 5 nitrogen and oxygen atoms in total. The summed E-state index contributed by atoms with van der Waals surface area (Å²) >= 11 is 0. The van der Waals surface area contributed by atoms with Crippen molar-refractivity contribution < 1.29 is 9.21 Å². The van der Waals surface area contributed by atoms with Crippen molar-refractivity contribution in [2.75, 3.05) is 26.2 Å². The molecule has 2 atom stereocenters. The van der Waals surface area contributed by atoms with E-state index in [2.05, 4.69) is 15.5 Å². The lowest BCUT2D eigenvalue weighted by Crippen LogP contribution is -2.49. The highest BCUT2D eigenvalue weighted by molar-refractivity contribution is 5.78. The van der Waals surface area contributed by atoms with Crippen molar-refractivity contribution >= 4 is 5.91 Å². The number of amides is 1. The molecule has 0 saturated carbocycles. The Morgan fingerprint density at radius 1 is 1.53 bits per heavy atom. The predicted molar refractivity (Wildman–Crippen MR) is 71.5 cm³/mol. The van der Waals surface area contributed by atoms with E-state index in [0.29, 0.717) is 19.1 Å². The highest BCUT2D eigenvalue weighted by Gasteiger charge is 2.35. The Labute approximate surface area is 113 Å². The molecule has 0 radical (unpaired) electrons. The summed E-state index contributed by atoms with van der Waals surface area (Å²) < 4.78 is 5.20. The molecule has 5 heteroatoms. The van der Waals surface area contributed by atoms with E-state index in [4.69, 9.17) is 4.42 Å². The summed E-state index contributed by atoms with van der Waals surface area (Å²) in [4.78, 5) is 14.3. The van der Waals surface area contributed by atoms with Gasteiger partial charge in [-0.05, 0) is 44.0 Å².